The second-order valence-corrected chi connectivity index (χ2v) is 4.28. The Kier molecular flexibility index (Phi) is 2.49. The molecule has 1 unspecified atom stereocenters. The van der Waals surface area contributed by atoms with Gasteiger partial charge in [0.2, 0.25) is 0 Å². The number of nitrogens with two attached hydrogens (primary N) is 1. The normalized spacial score (nSPS) is 19.5. The van der Waals surface area contributed by atoms with Crippen molar-refractivity contribution >= 4 is 5.97 Å². The van der Waals surface area contributed by atoms with Gasteiger partial charge >= 0.3 is 5.97 Å². The number of rotatable bonds is 4. The standard InChI is InChI=1S/C12H15NO2/c13-12(11(14)15,10-6-7-10)8-9-4-2-1-3-5-9/h1-5,10H,6-8,13H2,(H,14,15). The zero-order valence-electron chi connectivity index (χ0n) is 8.52. The smallest absolute Gasteiger partial charge is 0.324 e. The Morgan fingerprint density at radius 2 is 2.00 bits per heavy atom. The molecule has 1 fully saturated rings. The number of carboxylic acid groups (broad SMARTS) is 1. The fourth-order valence-corrected chi connectivity index (χ4v) is 1.93. The van der Waals surface area contributed by atoms with Gasteiger partial charge in [-0.25, -0.2) is 0 Å². The summed E-state index contributed by atoms with van der Waals surface area (Å²) in [7, 11) is 0. The van der Waals surface area contributed by atoms with E-state index in [4.69, 9.17) is 5.73 Å². The van der Waals surface area contributed by atoms with Crippen molar-refractivity contribution in [3.63, 3.8) is 0 Å². The number of hydrogen-bond donors (Lipinski definition) is 2. The predicted octanol–water partition coefficient (Wildman–Crippen LogP) is 1.42. The first-order valence-corrected chi connectivity index (χ1v) is 5.19. The highest BCUT2D eigenvalue weighted by Gasteiger charge is 2.48. The minimum absolute atomic E-state index is 0.148. The van der Waals surface area contributed by atoms with Crippen LogP contribution in [0.2, 0.25) is 0 Å². The van der Waals surface area contributed by atoms with E-state index in [1.807, 2.05) is 30.3 Å². The molecule has 0 saturated heterocycles. The minimum atomic E-state index is -1.07. The zero-order valence-corrected chi connectivity index (χ0v) is 8.52. The van der Waals surface area contributed by atoms with Crippen LogP contribution in [0.25, 0.3) is 0 Å². The van der Waals surface area contributed by atoms with Gasteiger partial charge in [-0.2, -0.15) is 0 Å². The topological polar surface area (TPSA) is 63.3 Å². The maximum Gasteiger partial charge on any atom is 0.324 e. The minimum Gasteiger partial charge on any atom is -0.480 e. The van der Waals surface area contributed by atoms with Crippen molar-refractivity contribution in [2.24, 2.45) is 11.7 Å². The molecule has 0 aromatic heterocycles. The number of carbonyl (C=O) groups is 1. The van der Waals surface area contributed by atoms with Gasteiger partial charge in [0.05, 0.1) is 0 Å². The van der Waals surface area contributed by atoms with Crippen molar-refractivity contribution in [2.45, 2.75) is 24.8 Å². The molecule has 0 spiro atoms. The van der Waals surface area contributed by atoms with Gasteiger partial charge in [-0.3, -0.25) is 4.79 Å². The van der Waals surface area contributed by atoms with Gasteiger partial charge in [-0.1, -0.05) is 30.3 Å². The highest BCUT2D eigenvalue weighted by Crippen LogP contribution is 2.40. The molecule has 0 heterocycles. The second-order valence-electron chi connectivity index (χ2n) is 4.28. The average Bonchev–Trinajstić information content (AvgIpc) is 3.02. The molecule has 3 N–H and O–H groups in total. The molecule has 15 heavy (non-hydrogen) atoms. The Hall–Kier alpha value is -1.35. The monoisotopic (exact) mass is 205 g/mol. The van der Waals surface area contributed by atoms with Crippen LogP contribution in [0, 0.1) is 5.92 Å². The average molecular weight is 205 g/mol. The first-order valence-electron chi connectivity index (χ1n) is 5.19. The van der Waals surface area contributed by atoms with Crippen molar-refractivity contribution in [2.75, 3.05) is 0 Å². The zero-order chi connectivity index (χ0) is 10.9. The Bertz CT molecular complexity index is 359. The van der Waals surface area contributed by atoms with E-state index in [1.54, 1.807) is 0 Å². The van der Waals surface area contributed by atoms with Crippen LogP contribution in [0.5, 0.6) is 0 Å². The molecule has 3 heteroatoms. The summed E-state index contributed by atoms with van der Waals surface area (Å²) in [6, 6.07) is 9.58. The van der Waals surface area contributed by atoms with Crippen LogP contribution in [0.3, 0.4) is 0 Å². The lowest BCUT2D eigenvalue weighted by Gasteiger charge is -2.24. The lowest BCUT2D eigenvalue weighted by molar-refractivity contribution is -0.144. The summed E-state index contributed by atoms with van der Waals surface area (Å²) in [5.41, 5.74) is 5.91. The van der Waals surface area contributed by atoms with Crippen molar-refractivity contribution in [1.82, 2.24) is 0 Å². The van der Waals surface area contributed by atoms with E-state index in [0.29, 0.717) is 6.42 Å². The second kappa shape index (κ2) is 3.66. The third-order valence-electron chi connectivity index (χ3n) is 3.04. The highest BCUT2D eigenvalue weighted by molar-refractivity contribution is 5.80. The van der Waals surface area contributed by atoms with Gasteiger partial charge in [0.25, 0.3) is 0 Å². The molecule has 1 aromatic rings. The third-order valence-corrected chi connectivity index (χ3v) is 3.04. The molecule has 1 saturated carbocycles. The summed E-state index contributed by atoms with van der Waals surface area (Å²) in [6.07, 6.45) is 2.30. The van der Waals surface area contributed by atoms with Gasteiger partial charge in [-0.05, 0) is 24.3 Å². The van der Waals surface area contributed by atoms with Gasteiger partial charge in [0.1, 0.15) is 5.54 Å². The molecule has 0 radical (unpaired) electrons. The Morgan fingerprint density at radius 3 is 2.47 bits per heavy atom. The summed E-state index contributed by atoms with van der Waals surface area (Å²) >= 11 is 0. The molecule has 0 amide bonds. The van der Waals surface area contributed by atoms with E-state index < -0.39 is 11.5 Å². The van der Waals surface area contributed by atoms with Crippen LogP contribution in [0.4, 0.5) is 0 Å². The predicted molar refractivity (Wildman–Crippen MR) is 57.4 cm³/mol. The van der Waals surface area contributed by atoms with Crippen molar-refractivity contribution in [3.05, 3.63) is 35.9 Å². The molecule has 1 aromatic carbocycles. The molecule has 3 nitrogen and oxygen atoms in total. The number of carboxylic acids is 1. The Labute approximate surface area is 88.9 Å². The highest BCUT2D eigenvalue weighted by atomic mass is 16.4. The summed E-state index contributed by atoms with van der Waals surface area (Å²) in [5, 5.41) is 9.18. The lowest BCUT2D eigenvalue weighted by atomic mass is 9.87. The molecule has 1 aliphatic carbocycles. The molecular formula is C12H15NO2. The Balaban J connectivity index is 2.17. The summed E-state index contributed by atoms with van der Waals surface area (Å²) in [5.74, 6) is -0.732. The number of aliphatic carboxylic acids is 1. The number of hydrogen-bond acceptors (Lipinski definition) is 2. The summed E-state index contributed by atoms with van der Waals surface area (Å²) < 4.78 is 0. The quantitative estimate of drug-likeness (QED) is 0.781. The van der Waals surface area contributed by atoms with E-state index in [2.05, 4.69) is 0 Å². The van der Waals surface area contributed by atoms with E-state index in [0.717, 1.165) is 18.4 Å². The van der Waals surface area contributed by atoms with Gasteiger partial charge < -0.3 is 10.8 Å². The van der Waals surface area contributed by atoms with Crippen LogP contribution < -0.4 is 5.73 Å². The van der Waals surface area contributed by atoms with E-state index in [1.165, 1.54) is 0 Å². The molecule has 1 aliphatic rings. The fourth-order valence-electron chi connectivity index (χ4n) is 1.93. The summed E-state index contributed by atoms with van der Waals surface area (Å²) in [4.78, 5) is 11.2. The van der Waals surface area contributed by atoms with Gasteiger partial charge in [0, 0.05) is 6.42 Å². The first-order chi connectivity index (χ1) is 7.13. The van der Waals surface area contributed by atoms with Gasteiger partial charge in [0.15, 0.2) is 0 Å². The van der Waals surface area contributed by atoms with E-state index >= 15 is 0 Å². The van der Waals surface area contributed by atoms with Crippen LogP contribution in [-0.4, -0.2) is 16.6 Å². The summed E-state index contributed by atoms with van der Waals surface area (Å²) in [6.45, 7) is 0. The molecule has 2 rings (SSSR count). The molecule has 1 atom stereocenters. The van der Waals surface area contributed by atoms with Crippen molar-refractivity contribution < 1.29 is 9.90 Å². The van der Waals surface area contributed by atoms with Gasteiger partial charge in [-0.15, -0.1) is 0 Å². The largest absolute Gasteiger partial charge is 0.480 e. The van der Waals surface area contributed by atoms with Crippen LogP contribution in [0.15, 0.2) is 30.3 Å². The SMILES string of the molecule is NC(Cc1ccccc1)(C(=O)O)C1CC1. The molecule has 0 aliphatic heterocycles. The molecule has 0 bridgehead atoms. The van der Waals surface area contributed by atoms with E-state index in [9.17, 15) is 9.90 Å². The van der Waals surface area contributed by atoms with Crippen LogP contribution >= 0.6 is 0 Å². The Morgan fingerprint density at radius 1 is 1.40 bits per heavy atom. The third kappa shape index (κ3) is 2.02. The lowest BCUT2D eigenvalue weighted by Crippen LogP contribution is -2.52. The van der Waals surface area contributed by atoms with Crippen molar-refractivity contribution in [1.29, 1.82) is 0 Å². The molecule has 80 valence electrons. The maximum absolute atomic E-state index is 11.2. The maximum atomic E-state index is 11.2. The van der Waals surface area contributed by atoms with E-state index in [-0.39, 0.29) is 5.92 Å². The number of benzene rings is 1. The molecular weight excluding hydrogens is 190 g/mol. The first kappa shape index (κ1) is 10.2. The van der Waals surface area contributed by atoms with Crippen LogP contribution in [0.1, 0.15) is 18.4 Å². The van der Waals surface area contributed by atoms with Crippen molar-refractivity contribution in [3.8, 4) is 0 Å². The fraction of sp³-hybridized carbons (Fsp3) is 0.417. The van der Waals surface area contributed by atoms with Crippen LogP contribution in [-0.2, 0) is 11.2 Å².